The molecular formula is C18H18FNO2. The first-order chi connectivity index (χ1) is 10.7. The van der Waals surface area contributed by atoms with Gasteiger partial charge in [-0.15, -0.1) is 0 Å². The lowest BCUT2D eigenvalue weighted by Gasteiger charge is -2.17. The van der Waals surface area contributed by atoms with E-state index in [1.807, 2.05) is 18.2 Å². The molecule has 0 aromatic heterocycles. The van der Waals surface area contributed by atoms with Gasteiger partial charge in [-0.2, -0.15) is 0 Å². The molecule has 1 aliphatic heterocycles. The van der Waals surface area contributed by atoms with Gasteiger partial charge in [0.2, 0.25) is 5.91 Å². The first-order valence-electron chi connectivity index (χ1n) is 7.46. The second-order valence-corrected chi connectivity index (χ2v) is 5.47. The Kier molecular flexibility index (Phi) is 4.37. The Morgan fingerprint density at radius 3 is 2.73 bits per heavy atom. The fourth-order valence-corrected chi connectivity index (χ4v) is 2.57. The van der Waals surface area contributed by atoms with E-state index in [-0.39, 0.29) is 11.7 Å². The second-order valence-electron chi connectivity index (χ2n) is 5.47. The quantitative estimate of drug-likeness (QED) is 0.942. The Balaban J connectivity index is 1.56. The van der Waals surface area contributed by atoms with Crippen LogP contribution in [0.2, 0.25) is 0 Å². The van der Waals surface area contributed by atoms with Crippen molar-refractivity contribution >= 4 is 5.91 Å². The van der Waals surface area contributed by atoms with Crippen molar-refractivity contribution in [3.8, 4) is 5.75 Å². The minimum absolute atomic E-state index is 0.0407. The molecule has 1 amide bonds. The molecule has 0 atom stereocenters. The number of amides is 1. The Hall–Kier alpha value is -2.36. The lowest BCUT2D eigenvalue weighted by molar-refractivity contribution is -0.120. The highest BCUT2D eigenvalue weighted by Crippen LogP contribution is 2.25. The molecule has 2 aromatic carbocycles. The van der Waals surface area contributed by atoms with Gasteiger partial charge in [0.25, 0.3) is 0 Å². The van der Waals surface area contributed by atoms with Crippen molar-refractivity contribution in [2.75, 3.05) is 6.61 Å². The van der Waals surface area contributed by atoms with Gasteiger partial charge >= 0.3 is 0 Å². The number of nitrogens with one attached hydrogen (secondary N) is 1. The van der Waals surface area contributed by atoms with Gasteiger partial charge in [-0.25, -0.2) is 4.39 Å². The van der Waals surface area contributed by atoms with Crippen LogP contribution in [-0.4, -0.2) is 12.5 Å². The molecule has 2 aromatic rings. The minimum atomic E-state index is -0.272. The lowest BCUT2D eigenvalue weighted by atomic mass is 10.0. The first kappa shape index (κ1) is 14.6. The van der Waals surface area contributed by atoms with Crippen LogP contribution in [0.4, 0.5) is 4.39 Å². The van der Waals surface area contributed by atoms with Gasteiger partial charge in [0.1, 0.15) is 11.6 Å². The minimum Gasteiger partial charge on any atom is -0.493 e. The highest BCUT2D eigenvalue weighted by atomic mass is 19.1. The summed E-state index contributed by atoms with van der Waals surface area (Å²) >= 11 is 0. The van der Waals surface area contributed by atoms with Crippen LogP contribution in [0.15, 0.2) is 42.5 Å². The molecule has 0 fully saturated rings. The summed E-state index contributed by atoms with van der Waals surface area (Å²) in [6.45, 7) is 1.18. The van der Waals surface area contributed by atoms with Crippen LogP contribution < -0.4 is 10.1 Å². The molecule has 3 nitrogen and oxygen atoms in total. The SMILES string of the molecule is O=C(Cc1ccc2c(c1)CCCO2)NCc1ccc(F)cc1. The zero-order valence-electron chi connectivity index (χ0n) is 12.3. The van der Waals surface area contributed by atoms with Gasteiger partial charge in [0, 0.05) is 6.54 Å². The Morgan fingerprint density at radius 1 is 1.14 bits per heavy atom. The Bertz CT molecular complexity index is 667. The number of hydrogen-bond acceptors (Lipinski definition) is 2. The highest BCUT2D eigenvalue weighted by molar-refractivity contribution is 5.78. The van der Waals surface area contributed by atoms with Crippen LogP contribution >= 0.6 is 0 Å². The van der Waals surface area contributed by atoms with Crippen LogP contribution in [0.3, 0.4) is 0 Å². The maximum Gasteiger partial charge on any atom is 0.224 e. The third-order valence-electron chi connectivity index (χ3n) is 3.74. The van der Waals surface area contributed by atoms with E-state index in [2.05, 4.69) is 5.32 Å². The molecule has 114 valence electrons. The maximum absolute atomic E-state index is 12.8. The van der Waals surface area contributed by atoms with E-state index in [0.717, 1.165) is 36.3 Å². The van der Waals surface area contributed by atoms with E-state index in [9.17, 15) is 9.18 Å². The number of benzene rings is 2. The van der Waals surface area contributed by atoms with Gasteiger partial charge in [-0.3, -0.25) is 4.79 Å². The summed E-state index contributed by atoms with van der Waals surface area (Å²) in [5, 5.41) is 2.85. The molecule has 1 aliphatic rings. The van der Waals surface area contributed by atoms with Crippen LogP contribution in [0.1, 0.15) is 23.1 Å². The molecule has 0 radical (unpaired) electrons. The number of fused-ring (bicyclic) bond motifs is 1. The third-order valence-corrected chi connectivity index (χ3v) is 3.74. The van der Waals surface area contributed by atoms with Crippen molar-refractivity contribution in [1.82, 2.24) is 5.32 Å². The van der Waals surface area contributed by atoms with Gasteiger partial charge in [0.15, 0.2) is 0 Å². The van der Waals surface area contributed by atoms with Gasteiger partial charge in [-0.1, -0.05) is 24.3 Å². The van der Waals surface area contributed by atoms with E-state index >= 15 is 0 Å². The van der Waals surface area contributed by atoms with Gasteiger partial charge < -0.3 is 10.1 Å². The zero-order chi connectivity index (χ0) is 15.4. The smallest absolute Gasteiger partial charge is 0.224 e. The number of hydrogen-bond donors (Lipinski definition) is 1. The number of carbonyl (C=O) groups is 1. The Labute approximate surface area is 129 Å². The summed E-state index contributed by atoms with van der Waals surface area (Å²) in [7, 11) is 0. The van der Waals surface area contributed by atoms with Crippen molar-refractivity contribution in [2.45, 2.75) is 25.8 Å². The monoisotopic (exact) mass is 299 g/mol. The van der Waals surface area contributed by atoms with Gasteiger partial charge in [0.05, 0.1) is 13.0 Å². The van der Waals surface area contributed by atoms with Crippen molar-refractivity contribution in [2.24, 2.45) is 0 Å². The third kappa shape index (κ3) is 3.64. The first-order valence-corrected chi connectivity index (χ1v) is 7.46. The molecule has 22 heavy (non-hydrogen) atoms. The van der Waals surface area contributed by atoms with Crippen LogP contribution in [-0.2, 0) is 24.2 Å². The highest BCUT2D eigenvalue weighted by Gasteiger charge is 2.12. The molecule has 0 saturated carbocycles. The van der Waals surface area contributed by atoms with Crippen LogP contribution in [0.25, 0.3) is 0 Å². The molecule has 0 unspecified atom stereocenters. The average molecular weight is 299 g/mol. The van der Waals surface area contributed by atoms with Crippen molar-refractivity contribution < 1.29 is 13.9 Å². The molecule has 3 rings (SSSR count). The zero-order valence-corrected chi connectivity index (χ0v) is 12.3. The van der Waals surface area contributed by atoms with Crippen LogP contribution in [0, 0.1) is 5.82 Å². The molecule has 4 heteroatoms. The summed E-state index contributed by atoms with van der Waals surface area (Å²) in [4.78, 5) is 12.0. The van der Waals surface area contributed by atoms with Crippen molar-refractivity contribution in [1.29, 1.82) is 0 Å². The summed E-state index contributed by atoms with van der Waals surface area (Å²) in [6, 6.07) is 12.1. The second kappa shape index (κ2) is 6.60. The van der Waals surface area contributed by atoms with E-state index < -0.39 is 0 Å². The lowest BCUT2D eigenvalue weighted by Crippen LogP contribution is -2.24. The number of aryl methyl sites for hydroxylation is 1. The molecular weight excluding hydrogens is 281 g/mol. The van der Waals surface area contributed by atoms with E-state index in [4.69, 9.17) is 4.74 Å². The summed E-state index contributed by atoms with van der Waals surface area (Å²) in [5.74, 6) is 0.620. The average Bonchev–Trinajstić information content (AvgIpc) is 2.54. The van der Waals surface area contributed by atoms with E-state index in [0.29, 0.717) is 13.0 Å². The summed E-state index contributed by atoms with van der Waals surface area (Å²) < 4.78 is 18.4. The maximum atomic E-state index is 12.8. The Morgan fingerprint density at radius 2 is 1.91 bits per heavy atom. The van der Waals surface area contributed by atoms with Crippen molar-refractivity contribution in [3.63, 3.8) is 0 Å². The number of rotatable bonds is 4. The van der Waals surface area contributed by atoms with Crippen LogP contribution in [0.5, 0.6) is 5.75 Å². The standard InChI is InChI=1S/C18H18FNO2/c19-16-6-3-13(4-7-16)12-20-18(21)11-14-5-8-17-15(10-14)2-1-9-22-17/h3-8,10H,1-2,9,11-12H2,(H,20,21). The molecule has 1 heterocycles. The fraction of sp³-hybridized carbons (Fsp3) is 0.278. The summed E-state index contributed by atoms with van der Waals surface area (Å²) in [6.07, 6.45) is 2.36. The number of ether oxygens (including phenoxy) is 1. The molecule has 1 N–H and O–H groups in total. The number of halogens is 1. The summed E-state index contributed by atoms with van der Waals surface area (Å²) in [5.41, 5.74) is 3.05. The van der Waals surface area contributed by atoms with Crippen molar-refractivity contribution in [3.05, 3.63) is 65.0 Å². The van der Waals surface area contributed by atoms with E-state index in [1.54, 1.807) is 12.1 Å². The predicted molar refractivity (Wildman–Crippen MR) is 82.2 cm³/mol. The topological polar surface area (TPSA) is 38.3 Å². The fourth-order valence-electron chi connectivity index (χ4n) is 2.57. The molecule has 0 aliphatic carbocycles. The number of carbonyl (C=O) groups excluding carboxylic acids is 1. The van der Waals surface area contributed by atoms with E-state index in [1.165, 1.54) is 17.7 Å². The molecule has 0 saturated heterocycles. The predicted octanol–water partition coefficient (Wildman–Crippen LogP) is 3.01. The molecule has 0 spiro atoms. The van der Waals surface area contributed by atoms with Gasteiger partial charge in [-0.05, 0) is 47.7 Å². The largest absolute Gasteiger partial charge is 0.493 e. The molecule has 0 bridgehead atoms. The normalized spacial score (nSPS) is 13.1.